The molecule has 0 aromatic heterocycles. The van der Waals surface area contributed by atoms with E-state index in [2.05, 4.69) is 44.0 Å². The monoisotopic (exact) mass is 466 g/mol. The third kappa shape index (κ3) is 4.20. The summed E-state index contributed by atoms with van der Waals surface area (Å²) in [5.74, 6) is 1.75. The minimum atomic E-state index is 0.843. The maximum atomic E-state index is 6.38. The van der Waals surface area contributed by atoms with Gasteiger partial charge in [0.15, 0.2) is 0 Å². The molecule has 2 aromatic carbocycles. The Morgan fingerprint density at radius 3 is 1.57 bits per heavy atom. The molecule has 21 heavy (non-hydrogen) atoms. The van der Waals surface area contributed by atoms with Gasteiger partial charge in [0.05, 0.1) is 0 Å². The Labute approximate surface area is 156 Å². The summed E-state index contributed by atoms with van der Waals surface area (Å²) in [5.41, 5.74) is 4.50. The molecule has 2 rings (SSSR count). The molecular weight excluding hydrogens is 455 g/mol. The Kier molecular flexibility index (Phi) is 6.52. The number of benzene rings is 2. The van der Waals surface area contributed by atoms with Crippen molar-refractivity contribution in [3.63, 3.8) is 0 Å². The Hall–Kier alpha value is 0.330. The molecule has 0 aliphatic rings. The van der Waals surface area contributed by atoms with Gasteiger partial charge in [-0.2, -0.15) is 11.8 Å². The molecule has 5 heteroatoms. The first kappa shape index (κ1) is 17.7. The Morgan fingerprint density at radius 1 is 0.810 bits per heavy atom. The van der Waals surface area contributed by atoms with Crippen LogP contribution < -0.4 is 0 Å². The molecule has 0 spiro atoms. The van der Waals surface area contributed by atoms with Crippen LogP contribution in [0.3, 0.4) is 0 Å². The van der Waals surface area contributed by atoms with Crippen LogP contribution in [-0.4, -0.2) is 0 Å². The summed E-state index contributed by atoms with van der Waals surface area (Å²) in [4.78, 5) is 0. The predicted molar refractivity (Wildman–Crippen MR) is 103 cm³/mol. The van der Waals surface area contributed by atoms with Crippen LogP contribution in [0.1, 0.15) is 22.3 Å². The lowest BCUT2D eigenvalue weighted by atomic mass is 10.1. The smallest absolute Gasteiger partial charge is 0.0486 e. The van der Waals surface area contributed by atoms with Gasteiger partial charge < -0.3 is 0 Å². The van der Waals surface area contributed by atoms with Crippen LogP contribution in [0.5, 0.6) is 0 Å². The minimum Gasteiger partial charge on any atom is -0.152 e. The average Bonchev–Trinajstić information content (AvgIpc) is 2.47. The number of rotatable bonds is 4. The second-order valence-corrected chi connectivity index (χ2v) is 8.23. The fourth-order valence-corrected chi connectivity index (χ4v) is 4.46. The third-order valence-electron chi connectivity index (χ3n) is 3.32. The van der Waals surface area contributed by atoms with Gasteiger partial charge in [-0.05, 0) is 48.2 Å². The third-order valence-corrected chi connectivity index (χ3v) is 7.12. The summed E-state index contributed by atoms with van der Waals surface area (Å²) in [6, 6.07) is 8.24. The van der Waals surface area contributed by atoms with E-state index in [1.807, 2.05) is 37.7 Å². The van der Waals surface area contributed by atoms with E-state index in [-0.39, 0.29) is 0 Å². The van der Waals surface area contributed by atoms with Gasteiger partial charge in [0.1, 0.15) is 0 Å². The highest BCUT2D eigenvalue weighted by molar-refractivity contribution is 9.10. The van der Waals surface area contributed by atoms with E-state index in [0.29, 0.717) is 0 Å². The molecule has 0 radical (unpaired) electrons. The molecule has 0 amide bonds. The summed E-state index contributed by atoms with van der Waals surface area (Å²) in [6.45, 7) is 4.05. The number of thioether (sulfide) groups is 1. The van der Waals surface area contributed by atoms with E-state index in [9.17, 15) is 0 Å². The van der Waals surface area contributed by atoms with Crippen LogP contribution in [0.4, 0.5) is 0 Å². The Morgan fingerprint density at radius 2 is 1.19 bits per heavy atom. The van der Waals surface area contributed by atoms with Crippen molar-refractivity contribution in [3.8, 4) is 0 Å². The highest BCUT2D eigenvalue weighted by Gasteiger charge is 2.09. The summed E-state index contributed by atoms with van der Waals surface area (Å²) >= 11 is 21.6. The second kappa shape index (κ2) is 7.74. The normalized spacial score (nSPS) is 11.0. The molecule has 0 fully saturated rings. The maximum absolute atomic E-state index is 6.38. The summed E-state index contributed by atoms with van der Waals surface area (Å²) in [6.07, 6.45) is 0. The van der Waals surface area contributed by atoms with Crippen molar-refractivity contribution in [3.05, 3.63) is 65.5 Å². The van der Waals surface area contributed by atoms with Gasteiger partial charge >= 0.3 is 0 Å². The molecule has 0 N–H and O–H groups in total. The molecule has 0 aliphatic carbocycles. The van der Waals surface area contributed by atoms with Crippen molar-refractivity contribution >= 4 is 66.8 Å². The molecule has 0 unspecified atom stereocenters. The first-order valence-electron chi connectivity index (χ1n) is 6.36. The van der Waals surface area contributed by atoms with Crippen LogP contribution in [0.15, 0.2) is 33.2 Å². The van der Waals surface area contributed by atoms with Crippen molar-refractivity contribution < 1.29 is 0 Å². The van der Waals surface area contributed by atoms with E-state index >= 15 is 0 Å². The lowest BCUT2D eigenvalue weighted by Crippen LogP contribution is -1.90. The molecule has 112 valence electrons. The van der Waals surface area contributed by atoms with E-state index in [1.54, 1.807) is 0 Å². The standard InChI is InChI=1S/C16H14Br2Cl2S/c1-9-13(17)5-3-11(15(9)19)7-21-8-12-4-6-14(18)10(2)16(12)20/h3-6H,7-8H2,1-2H3. The molecule has 2 aromatic rings. The van der Waals surface area contributed by atoms with Gasteiger partial charge in [0, 0.05) is 30.5 Å². The number of halogens is 4. The van der Waals surface area contributed by atoms with Gasteiger partial charge in [-0.15, -0.1) is 0 Å². The zero-order chi connectivity index (χ0) is 15.6. The number of hydrogen-bond donors (Lipinski definition) is 0. The van der Waals surface area contributed by atoms with Gasteiger partial charge in [-0.25, -0.2) is 0 Å². The molecule has 0 nitrogen and oxygen atoms in total. The molecule has 0 saturated heterocycles. The van der Waals surface area contributed by atoms with E-state index in [1.165, 1.54) is 0 Å². The van der Waals surface area contributed by atoms with Crippen LogP contribution in [0.25, 0.3) is 0 Å². The Balaban J connectivity index is 2.06. The SMILES string of the molecule is Cc1c(Br)ccc(CSCc2ccc(Br)c(C)c2Cl)c1Cl. The summed E-state index contributed by atoms with van der Waals surface area (Å²) in [5, 5.41) is 1.69. The fraction of sp³-hybridized carbons (Fsp3) is 0.250. The van der Waals surface area contributed by atoms with Crippen molar-refractivity contribution in [2.75, 3.05) is 0 Å². The largest absolute Gasteiger partial charge is 0.152 e. The topological polar surface area (TPSA) is 0 Å². The molecule has 0 atom stereocenters. The fourth-order valence-electron chi connectivity index (χ4n) is 1.93. The summed E-state index contributed by atoms with van der Waals surface area (Å²) in [7, 11) is 0. The molecule has 0 aliphatic heterocycles. The van der Waals surface area contributed by atoms with Crippen LogP contribution in [0, 0.1) is 13.8 Å². The van der Waals surface area contributed by atoms with Crippen LogP contribution in [0.2, 0.25) is 10.0 Å². The van der Waals surface area contributed by atoms with E-state index in [0.717, 1.165) is 52.8 Å². The minimum absolute atomic E-state index is 0.843. The molecular formula is C16H14Br2Cl2S. The predicted octanol–water partition coefficient (Wildman–Crippen LogP) is 7.57. The van der Waals surface area contributed by atoms with Crippen molar-refractivity contribution in [2.45, 2.75) is 25.4 Å². The van der Waals surface area contributed by atoms with Gasteiger partial charge in [0.25, 0.3) is 0 Å². The first-order chi connectivity index (χ1) is 9.91. The van der Waals surface area contributed by atoms with E-state index < -0.39 is 0 Å². The molecule has 0 saturated carbocycles. The van der Waals surface area contributed by atoms with Crippen LogP contribution >= 0.6 is 66.8 Å². The average molecular weight is 469 g/mol. The lowest BCUT2D eigenvalue weighted by Gasteiger charge is -2.10. The Bertz CT molecular complexity index is 614. The highest BCUT2D eigenvalue weighted by Crippen LogP contribution is 2.33. The van der Waals surface area contributed by atoms with Gasteiger partial charge in [-0.3, -0.25) is 0 Å². The van der Waals surface area contributed by atoms with Gasteiger partial charge in [-0.1, -0.05) is 67.2 Å². The second-order valence-electron chi connectivity index (χ2n) is 4.78. The number of hydrogen-bond acceptors (Lipinski definition) is 1. The quantitative estimate of drug-likeness (QED) is 0.445. The van der Waals surface area contributed by atoms with Crippen molar-refractivity contribution in [2.24, 2.45) is 0 Å². The van der Waals surface area contributed by atoms with Crippen molar-refractivity contribution in [1.82, 2.24) is 0 Å². The first-order valence-corrected chi connectivity index (χ1v) is 9.86. The highest BCUT2D eigenvalue weighted by atomic mass is 79.9. The zero-order valence-corrected chi connectivity index (χ0v) is 17.1. The van der Waals surface area contributed by atoms with Crippen LogP contribution in [-0.2, 0) is 11.5 Å². The lowest BCUT2D eigenvalue weighted by molar-refractivity contribution is 1.30. The summed E-state index contributed by atoms with van der Waals surface area (Å²) < 4.78 is 2.10. The molecule has 0 heterocycles. The molecule has 0 bridgehead atoms. The van der Waals surface area contributed by atoms with Crippen molar-refractivity contribution in [1.29, 1.82) is 0 Å². The van der Waals surface area contributed by atoms with Gasteiger partial charge in [0.2, 0.25) is 0 Å². The zero-order valence-electron chi connectivity index (χ0n) is 11.6. The maximum Gasteiger partial charge on any atom is 0.0486 e. The van der Waals surface area contributed by atoms with E-state index in [4.69, 9.17) is 23.2 Å².